The van der Waals surface area contributed by atoms with Crippen molar-refractivity contribution >= 4 is 5.91 Å². The molecule has 3 heteroatoms. The molecule has 2 aliphatic carbocycles. The summed E-state index contributed by atoms with van der Waals surface area (Å²) >= 11 is 0. The molecule has 18 heavy (non-hydrogen) atoms. The van der Waals surface area contributed by atoms with Crippen molar-refractivity contribution in [3.8, 4) is 0 Å². The molecule has 0 aliphatic heterocycles. The van der Waals surface area contributed by atoms with Crippen LogP contribution in [0.5, 0.6) is 0 Å². The summed E-state index contributed by atoms with van der Waals surface area (Å²) in [5.41, 5.74) is 6.41. The maximum Gasteiger partial charge on any atom is 0.223 e. The lowest BCUT2D eigenvalue weighted by atomic mass is 9.76. The number of carbonyl (C=O) groups is 1. The molecule has 0 spiro atoms. The minimum Gasteiger partial charge on any atom is -0.355 e. The SMILES string of the molecule is CC1C(N)CCCC1C(=O)NCC1(C)CCCC1. The first kappa shape index (κ1) is 13.9. The van der Waals surface area contributed by atoms with Gasteiger partial charge in [0.05, 0.1) is 0 Å². The second kappa shape index (κ2) is 5.60. The topological polar surface area (TPSA) is 55.1 Å². The maximum absolute atomic E-state index is 12.3. The first-order valence-corrected chi connectivity index (χ1v) is 7.55. The van der Waals surface area contributed by atoms with Gasteiger partial charge in [-0.25, -0.2) is 0 Å². The average Bonchev–Trinajstić information content (AvgIpc) is 2.77. The Morgan fingerprint density at radius 3 is 2.61 bits per heavy atom. The summed E-state index contributed by atoms with van der Waals surface area (Å²) in [6, 6.07) is 0.205. The highest BCUT2D eigenvalue weighted by Crippen LogP contribution is 2.37. The van der Waals surface area contributed by atoms with Gasteiger partial charge >= 0.3 is 0 Å². The zero-order valence-corrected chi connectivity index (χ0v) is 11.9. The molecule has 0 saturated heterocycles. The van der Waals surface area contributed by atoms with Gasteiger partial charge in [-0.05, 0) is 37.0 Å². The first-order chi connectivity index (χ1) is 8.52. The first-order valence-electron chi connectivity index (χ1n) is 7.55. The van der Waals surface area contributed by atoms with Crippen LogP contribution in [-0.4, -0.2) is 18.5 Å². The third kappa shape index (κ3) is 3.05. The highest BCUT2D eigenvalue weighted by Gasteiger charge is 2.34. The number of hydrogen-bond acceptors (Lipinski definition) is 2. The number of rotatable bonds is 3. The summed E-state index contributed by atoms with van der Waals surface area (Å²) in [6.45, 7) is 5.28. The quantitative estimate of drug-likeness (QED) is 0.810. The van der Waals surface area contributed by atoms with Gasteiger partial charge < -0.3 is 11.1 Å². The van der Waals surface area contributed by atoms with E-state index in [2.05, 4.69) is 19.2 Å². The molecule has 3 unspecified atom stereocenters. The van der Waals surface area contributed by atoms with Crippen LogP contribution < -0.4 is 11.1 Å². The Labute approximate surface area is 111 Å². The van der Waals surface area contributed by atoms with Crippen LogP contribution in [0.25, 0.3) is 0 Å². The molecule has 3 atom stereocenters. The fourth-order valence-corrected chi connectivity index (χ4v) is 3.60. The normalized spacial score (nSPS) is 35.4. The van der Waals surface area contributed by atoms with Crippen molar-refractivity contribution in [2.24, 2.45) is 23.0 Å². The molecule has 3 N–H and O–H groups in total. The number of nitrogens with two attached hydrogens (primary N) is 1. The van der Waals surface area contributed by atoms with Crippen LogP contribution in [0.4, 0.5) is 0 Å². The molecule has 0 aromatic carbocycles. The molecule has 0 heterocycles. The van der Waals surface area contributed by atoms with Crippen molar-refractivity contribution in [3.05, 3.63) is 0 Å². The fourth-order valence-electron chi connectivity index (χ4n) is 3.60. The van der Waals surface area contributed by atoms with Gasteiger partial charge in [0.2, 0.25) is 5.91 Å². The van der Waals surface area contributed by atoms with Gasteiger partial charge in [-0.2, -0.15) is 0 Å². The maximum atomic E-state index is 12.3. The molecular weight excluding hydrogens is 224 g/mol. The van der Waals surface area contributed by atoms with Crippen LogP contribution in [0.3, 0.4) is 0 Å². The van der Waals surface area contributed by atoms with Gasteiger partial charge in [0.1, 0.15) is 0 Å². The lowest BCUT2D eigenvalue weighted by Crippen LogP contribution is -2.46. The van der Waals surface area contributed by atoms with Crippen molar-refractivity contribution in [1.29, 1.82) is 0 Å². The van der Waals surface area contributed by atoms with E-state index in [-0.39, 0.29) is 17.9 Å². The van der Waals surface area contributed by atoms with Gasteiger partial charge in [-0.1, -0.05) is 33.1 Å². The van der Waals surface area contributed by atoms with Crippen LogP contribution in [0.1, 0.15) is 58.8 Å². The van der Waals surface area contributed by atoms with Gasteiger partial charge in [0, 0.05) is 18.5 Å². The Morgan fingerprint density at radius 2 is 1.94 bits per heavy atom. The van der Waals surface area contributed by atoms with Crippen LogP contribution in [-0.2, 0) is 4.79 Å². The zero-order chi connectivity index (χ0) is 13.2. The standard InChI is InChI=1S/C15H28N2O/c1-11-12(6-5-7-13(11)16)14(18)17-10-15(2)8-3-4-9-15/h11-13H,3-10,16H2,1-2H3,(H,17,18). The molecule has 0 aromatic rings. The lowest BCUT2D eigenvalue weighted by Gasteiger charge is -2.34. The molecule has 2 saturated carbocycles. The van der Waals surface area contributed by atoms with E-state index >= 15 is 0 Å². The molecule has 0 bridgehead atoms. The summed E-state index contributed by atoms with van der Waals surface area (Å²) in [5, 5.41) is 3.19. The number of amides is 1. The molecule has 2 aliphatic rings. The summed E-state index contributed by atoms with van der Waals surface area (Å²) in [7, 11) is 0. The molecule has 2 fully saturated rings. The molecule has 0 aromatic heterocycles. The van der Waals surface area contributed by atoms with Crippen LogP contribution >= 0.6 is 0 Å². The van der Waals surface area contributed by atoms with Gasteiger partial charge in [-0.3, -0.25) is 4.79 Å². The van der Waals surface area contributed by atoms with E-state index in [0.717, 1.165) is 25.8 Å². The van der Waals surface area contributed by atoms with Crippen molar-refractivity contribution in [2.75, 3.05) is 6.54 Å². The van der Waals surface area contributed by atoms with Crippen LogP contribution in [0.15, 0.2) is 0 Å². The summed E-state index contributed by atoms with van der Waals surface area (Å²) in [4.78, 5) is 12.3. The van der Waals surface area contributed by atoms with Gasteiger partial charge in [0.15, 0.2) is 0 Å². The number of carbonyl (C=O) groups excluding carboxylic acids is 1. The highest BCUT2D eigenvalue weighted by atomic mass is 16.1. The Morgan fingerprint density at radius 1 is 1.28 bits per heavy atom. The summed E-state index contributed by atoms with van der Waals surface area (Å²) < 4.78 is 0. The Kier molecular flexibility index (Phi) is 4.31. The Balaban J connectivity index is 1.83. The number of nitrogens with one attached hydrogen (secondary N) is 1. The van der Waals surface area contributed by atoms with E-state index in [1.165, 1.54) is 25.7 Å². The van der Waals surface area contributed by atoms with Crippen molar-refractivity contribution < 1.29 is 4.79 Å². The molecule has 3 nitrogen and oxygen atoms in total. The van der Waals surface area contributed by atoms with E-state index in [1.54, 1.807) is 0 Å². The molecule has 0 radical (unpaired) electrons. The second-order valence-corrected chi connectivity index (χ2v) is 6.80. The lowest BCUT2D eigenvalue weighted by molar-refractivity contribution is -0.128. The summed E-state index contributed by atoms with van der Waals surface area (Å²) in [6.07, 6.45) is 8.33. The summed E-state index contributed by atoms with van der Waals surface area (Å²) in [5.74, 6) is 0.708. The predicted octanol–water partition coefficient (Wildman–Crippen LogP) is 2.45. The fraction of sp³-hybridized carbons (Fsp3) is 0.933. The third-order valence-electron chi connectivity index (χ3n) is 5.20. The highest BCUT2D eigenvalue weighted by molar-refractivity contribution is 5.79. The Hall–Kier alpha value is -0.570. The van der Waals surface area contributed by atoms with Crippen molar-refractivity contribution in [1.82, 2.24) is 5.32 Å². The second-order valence-electron chi connectivity index (χ2n) is 6.80. The smallest absolute Gasteiger partial charge is 0.223 e. The monoisotopic (exact) mass is 252 g/mol. The van der Waals surface area contributed by atoms with Crippen LogP contribution in [0, 0.1) is 17.3 Å². The van der Waals surface area contributed by atoms with E-state index in [9.17, 15) is 4.79 Å². The molecule has 104 valence electrons. The largest absolute Gasteiger partial charge is 0.355 e. The minimum absolute atomic E-state index is 0.138. The third-order valence-corrected chi connectivity index (χ3v) is 5.20. The van der Waals surface area contributed by atoms with Crippen molar-refractivity contribution in [2.45, 2.75) is 64.8 Å². The van der Waals surface area contributed by atoms with Gasteiger partial charge in [-0.15, -0.1) is 0 Å². The van der Waals surface area contributed by atoms with E-state index in [1.807, 2.05) is 0 Å². The molecular formula is C15H28N2O. The number of hydrogen-bond donors (Lipinski definition) is 2. The predicted molar refractivity (Wildman–Crippen MR) is 74.1 cm³/mol. The minimum atomic E-state index is 0.138. The van der Waals surface area contributed by atoms with E-state index in [4.69, 9.17) is 5.73 Å². The molecule has 1 amide bonds. The van der Waals surface area contributed by atoms with Gasteiger partial charge in [0.25, 0.3) is 0 Å². The average molecular weight is 252 g/mol. The van der Waals surface area contributed by atoms with E-state index < -0.39 is 0 Å². The van der Waals surface area contributed by atoms with Crippen molar-refractivity contribution in [3.63, 3.8) is 0 Å². The zero-order valence-electron chi connectivity index (χ0n) is 11.9. The Bertz CT molecular complexity index is 297. The molecule has 2 rings (SSSR count). The van der Waals surface area contributed by atoms with Crippen LogP contribution in [0.2, 0.25) is 0 Å². The van der Waals surface area contributed by atoms with E-state index in [0.29, 0.717) is 11.3 Å².